The summed E-state index contributed by atoms with van der Waals surface area (Å²) in [7, 11) is 0. The van der Waals surface area contributed by atoms with Crippen molar-refractivity contribution >= 4 is 17.4 Å². The SMILES string of the molecule is CCCCOC(C)OCCN=C=S. The molecule has 0 amide bonds. The van der Waals surface area contributed by atoms with Crippen LogP contribution in [0.4, 0.5) is 0 Å². The van der Waals surface area contributed by atoms with Crippen molar-refractivity contribution in [1.29, 1.82) is 0 Å². The minimum absolute atomic E-state index is 0.146. The van der Waals surface area contributed by atoms with Gasteiger partial charge in [0.1, 0.15) is 0 Å². The Kier molecular flexibility index (Phi) is 9.59. The van der Waals surface area contributed by atoms with Gasteiger partial charge in [-0.2, -0.15) is 0 Å². The molecule has 13 heavy (non-hydrogen) atoms. The zero-order valence-corrected chi connectivity index (χ0v) is 9.10. The first-order valence-electron chi connectivity index (χ1n) is 4.58. The van der Waals surface area contributed by atoms with Crippen LogP contribution in [0.25, 0.3) is 0 Å². The third kappa shape index (κ3) is 9.64. The van der Waals surface area contributed by atoms with Gasteiger partial charge in [0.05, 0.1) is 18.3 Å². The van der Waals surface area contributed by atoms with Gasteiger partial charge in [0.2, 0.25) is 0 Å². The van der Waals surface area contributed by atoms with E-state index in [0.717, 1.165) is 19.4 Å². The van der Waals surface area contributed by atoms with Gasteiger partial charge in [0.25, 0.3) is 0 Å². The molecule has 0 aromatic rings. The van der Waals surface area contributed by atoms with E-state index in [4.69, 9.17) is 9.47 Å². The van der Waals surface area contributed by atoms with Crippen molar-refractivity contribution in [2.24, 2.45) is 4.99 Å². The largest absolute Gasteiger partial charge is 0.353 e. The number of rotatable bonds is 8. The van der Waals surface area contributed by atoms with Crippen molar-refractivity contribution in [3.8, 4) is 0 Å². The van der Waals surface area contributed by atoms with Crippen molar-refractivity contribution in [2.75, 3.05) is 19.8 Å². The second-order valence-corrected chi connectivity index (χ2v) is 2.82. The first-order valence-corrected chi connectivity index (χ1v) is 4.99. The Bertz CT molecular complexity index is 158. The zero-order valence-electron chi connectivity index (χ0n) is 8.28. The van der Waals surface area contributed by atoms with Gasteiger partial charge >= 0.3 is 0 Å². The highest BCUT2D eigenvalue weighted by Crippen LogP contribution is 1.96. The summed E-state index contributed by atoms with van der Waals surface area (Å²) < 4.78 is 10.6. The van der Waals surface area contributed by atoms with Gasteiger partial charge in [-0.1, -0.05) is 13.3 Å². The van der Waals surface area contributed by atoms with Crippen LogP contribution in [0.5, 0.6) is 0 Å². The maximum Gasteiger partial charge on any atom is 0.154 e. The average molecular weight is 203 g/mol. The van der Waals surface area contributed by atoms with Gasteiger partial charge in [-0.25, -0.2) is 4.99 Å². The molecule has 0 bridgehead atoms. The molecule has 0 aromatic heterocycles. The molecule has 0 radical (unpaired) electrons. The molecule has 0 aliphatic carbocycles. The lowest BCUT2D eigenvalue weighted by Crippen LogP contribution is -2.15. The van der Waals surface area contributed by atoms with Crippen LogP contribution in [0.15, 0.2) is 4.99 Å². The quantitative estimate of drug-likeness (QED) is 0.262. The van der Waals surface area contributed by atoms with Crippen molar-refractivity contribution in [3.63, 3.8) is 0 Å². The molecule has 0 N–H and O–H groups in total. The van der Waals surface area contributed by atoms with Crippen molar-refractivity contribution in [3.05, 3.63) is 0 Å². The van der Waals surface area contributed by atoms with Crippen LogP contribution in [0.2, 0.25) is 0 Å². The fraction of sp³-hybridized carbons (Fsp3) is 0.889. The van der Waals surface area contributed by atoms with Crippen LogP contribution >= 0.6 is 12.2 Å². The average Bonchev–Trinajstić information content (AvgIpc) is 2.13. The number of isothiocyanates is 1. The molecule has 1 atom stereocenters. The summed E-state index contributed by atoms with van der Waals surface area (Å²) in [5, 5.41) is 2.28. The Morgan fingerprint density at radius 3 is 2.69 bits per heavy atom. The minimum Gasteiger partial charge on any atom is -0.353 e. The van der Waals surface area contributed by atoms with Crippen LogP contribution in [-0.4, -0.2) is 31.2 Å². The van der Waals surface area contributed by atoms with Crippen LogP contribution in [0.3, 0.4) is 0 Å². The Morgan fingerprint density at radius 2 is 2.08 bits per heavy atom. The number of ether oxygens (including phenoxy) is 2. The summed E-state index contributed by atoms with van der Waals surface area (Å²) in [6.07, 6.45) is 2.07. The van der Waals surface area contributed by atoms with E-state index < -0.39 is 0 Å². The van der Waals surface area contributed by atoms with Gasteiger partial charge in [-0.15, -0.1) is 0 Å². The molecule has 3 nitrogen and oxygen atoms in total. The number of hydrogen-bond donors (Lipinski definition) is 0. The second kappa shape index (κ2) is 9.81. The maximum atomic E-state index is 5.35. The molecule has 0 heterocycles. The van der Waals surface area contributed by atoms with Crippen molar-refractivity contribution in [2.45, 2.75) is 33.0 Å². The van der Waals surface area contributed by atoms with Crippen molar-refractivity contribution in [1.82, 2.24) is 0 Å². The summed E-state index contributed by atoms with van der Waals surface area (Å²) in [6.45, 7) is 5.87. The lowest BCUT2D eigenvalue weighted by atomic mass is 10.4. The lowest BCUT2D eigenvalue weighted by Gasteiger charge is -2.12. The molecule has 0 spiro atoms. The van der Waals surface area contributed by atoms with E-state index in [9.17, 15) is 0 Å². The van der Waals surface area contributed by atoms with Gasteiger partial charge < -0.3 is 9.47 Å². The van der Waals surface area contributed by atoms with E-state index in [2.05, 4.69) is 29.3 Å². The summed E-state index contributed by atoms with van der Waals surface area (Å²) in [4.78, 5) is 3.72. The highest BCUT2D eigenvalue weighted by atomic mass is 32.1. The third-order valence-corrected chi connectivity index (χ3v) is 1.60. The number of thiocarbonyl (C=S) groups is 1. The number of unbranched alkanes of at least 4 members (excludes halogenated alkanes) is 1. The summed E-state index contributed by atoms with van der Waals surface area (Å²) >= 11 is 4.41. The smallest absolute Gasteiger partial charge is 0.154 e. The fourth-order valence-electron chi connectivity index (χ4n) is 0.752. The molecule has 0 saturated carbocycles. The second-order valence-electron chi connectivity index (χ2n) is 2.64. The van der Waals surface area contributed by atoms with Gasteiger partial charge in [-0.3, -0.25) is 0 Å². The summed E-state index contributed by atoms with van der Waals surface area (Å²) in [5.41, 5.74) is 0. The van der Waals surface area contributed by atoms with Crippen LogP contribution in [0.1, 0.15) is 26.7 Å². The molecule has 1 unspecified atom stereocenters. The van der Waals surface area contributed by atoms with E-state index in [1.54, 1.807) is 0 Å². The Hall–Kier alpha value is -0.280. The van der Waals surface area contributed by atoms with E-state index >= 15 is 0 Å². The number of aliphatic imine (C=N–C) groups is 1. The van der Waals surface area contributed by atoms with E-state index in [1.165, 1.54) is 0 Å². The fourth-order valence-corrected chi connectivity index (χ4v) is 0.843. The van der Waals surface area contributed by atoms with Gasteiger partial charge in [-0.05, 0) is 25.6 Å². The predicted molar refractivity (Wildman–Crippen MR) is 56.2 cm³/mol. The molecule has 0 rings (SSSR count). The standard InChI is InChI=1S/C9H17NO2S/c1-3-4-6-11-9(2)12-7-5-10-8-13/h9H,3-7H2,1-2H3. The maximum absolute atomic E-state index is 5.35. The summed E-state index contributed by atoms with van der Waals surface area (Å²) in [5.74, 6) is 0. The Balaban J connectivity index is 3.19. The number of hydrogen-bond acceptors (Lipinski definition) is 4. The van der Waals surface area contributed by atoms with Crippen molar-refractivity contribution < 1.29 is 9.47 Å². The minimum atomic E-state index is -0.146. The zero-order chi connectivity index (χ0) is 9.94. The Labute approximate surface area is 85.1 Å². The molecular formula is C9H17NO2S. The van der Waals surface area contributed by atoms with Gasteiger partial charge in [0.15, 0.2) is 6.29 Å². The molecule has 4 heteroatoms. The Morgan fingerprint density at radius 1 is 1.38 bits per heavy atom. The first-order chi connectivity index (χ1) is 6.31. The lowest BCUT2D eigenvalue weighted by molar-refractivity contribution is -0.128. The highest BCUT2D eigenvalue weighted by molar-refractivity contribution is 7.78. The first kappa shape index (κ1) is 12.7. The molecule has 76 valence electrons. The van der Waals surface area contributed by atoms with E-state index in [0.29, 0.717) is 13.2 Å². The molecule has 0 fully saturated rings. The predicted octanol–water partition coefficient (Wildman–Crippen LogP) is 2.27. The molecular weight excluding hydrogens is 186 g/mol. The van der Waals surface area contributed by atoms with E-state index in [-0.39, 0.29) is 6.29 Å². The van der Waals surface area contributed by atoms with Gasteiger partial charge in [0, 0.05) is 6.61 Å². The van der Waals surface area contributed by atoms with Crippen LogP contribution in [0, 0.1) is 0 Å². The van der Waals surface area contributed by atoms with Crippen LogP contribution in [-0.2, 0) is 9.47 Å². The summed E-state index contributed by atoms with van der Waals surface area (Å²) in [6, 6.07) is 0. The normalized spacial score (nSPS) is 12.2. The number of nitrogens with zero attached hydrogens (tertiary/aromatic N) is 1. The molecule has 0 aliphatic heterocycles. The topological polar surface area (TPSA) is 30.8 Å². The van der Waals surface area contributed by atoms with E-state index in [1.807, 2.05) is 6.92 Å². The monoisotopic (exact) mass is 203 g/mol. The highest BCUT2D eigenvalue weighted by Gasteiger charge is 1.99. The molecule has 0 saturated heterocycles. The van der Waals surface area contributed by atoms with Crippen LogP contribution < -0.4 is 0 Å². The molecule has 0 aromatic carbocycles. The third-order valence-electron chi connectivity index (χ3n) is 1.47. The molecule has 0 aliphatic rings.